The maximum atomic E-state index is 9.08. The van der Waals surface area contributed by atoms with Crippen LogP contribution in [0.15, 0.2) is 58.3 Å². The molecule has 108 valence electrons. The van der Waals surface area contributed by atoms with Crippen molar-refractivity contribution in [1.29, 1.82) is 5.26 Å². The van der Waals surface area contributed by atoms with Gasteiger partial charge in [-0.05, 0) is 18.6 Å². The normalized spacial score (nSPS) is 10.4. The topological polar surface area (TPSA) is 62.7 Å². The first-order valence-corrected chi connectivity index (χ1v) is 7.76. The number of rotatable bonds is 4. The van der Waals surface area contributed by atoms with Gasteiger partial charge < -0.3 is 4.52 Å². The molecule has 0 atom stereocenters. The van der Waals surface area contributed by atoms with Gasteiger partial charge in [0.15, 0.2) is 0 Å². The Balaban J connectivity index is 1.72. The fraction of sp³-hybridized carbons (Fsp3) is 0.118. The second-order valence-electron chi connectivity index (χ2n) is 4.81. The van der Waals surface area contributed by atoms with E-state index >= 15 is 0 Å². The van der Waals surface area contributed by atoms with Gasteiger partial charge in [-0.25, -0.2) is 0 Å². The Labute approximate surface area is 132 Å². The van der Waals surface area contributed by atoms with Crippen molar-refractivity contribution >= 4 is 11.8 Å². The van der Waals surface area contributed by atoms with E-state index in [0.717, 1.165) is 11.1 Å². The molecule has 0 aliphatic rings. The smallest absolute Gasteiger partial charge is 0.286 e. The second kappa shape index (κ2) is 6.46. The molecule has 0 saturated heterocycles. The third-order valence-corrected chi connectivity index (χ3v) is 4.07. The zero-order valence-electron chi connectivity index (χ0n) is 12.0. The molecule has 0 bridgehead atoms. The summed E-state index contributed by atoms with van der Waals surface area (Å²) in [5, 5.41) is 13.6. The highest BCUT2D eigenvalue weighted by atomic mass is 32.2. The lowest BCUT2D eigenvalue weighted by Crippen LogP contribution is -1.86. The van der Waals surface area contributed by atoms with Crippen molar-refractivity contribution in [3.05, 3.63) is 65.2 Å². The fourth-order valence-electron chi connectivity index (χ4n) is 1.98. The van der Waals surface area contributed by atoms with Crippen LogP contribution in [0.4, 0.5) is 0 Å². The highest BCUT2D eigenvalue weighted by molar-refractivity contribution is 7.98. The minimum absolute atomic E-state index is 0.503. The van der Waals surface area contributed by atoms with E-state index in [1.165, 1.54) is 17.3 Å². The van der Waals surface area contributed by atoms with Crippen LogP contribution in [0, 0.1) is 18.3 Å². The molecule has 0 spiro atoms. The van der Waals surface area contributed by atoms with Gasteiger partial charge >= 0.3 is 0 Å². The Morgan fingerprint density at radius 1 is 1.14 bits per heavy atom. The molecular weight excluding hydrogens is 294 g/mol. The third kappa shape index (κ3) is 3.18. The van der Waals surface area contributed by atoms with Gasteiger partial charge in [0.05, 0.1) is 11.6 Å². The Bertz CT molecular complexity index is 818. The summed E-state index contributed by atoms with van der Waals surface area (Å²) in [7, 11) is 0. The first-order chi connectivity index (χ1) is 10.8. The number of benzene rings is 2. The molecule has 0 unspecified atom stereocenters. The zero-order valence-corrected chi connectivity index (χ0v) is 12.8. The Kier molecular flexibility index (Phi) is 4.22. The van der Waals surface area contributed by atoms with Crippen molar-refractivity contribution in [2.24, 2.45) is 0 Å². The van der Waals surface area contributed by atoms with Gasteiger partial charge in [-0.15, -0.1) is 0 Å². The number of thioether (sulfide) groups is 1. The highest BCUT2D eigenvalue weighted by Crippen LogP contribution is 2.25. The number of hydrogen-bond donors (Lipinski definition) is 0. The predicted octanol–water partition coefficient (Wildman–Crippen LogP) is 4.21. The SMILES string of the molecule is Cc1ccc(-c2noc(SCc3ccccc3C#N)n2)cc1. The Morgan fingerprint density at radius 3 is 2.68 bits per heavy atom. The summed E-state index contributed by atoms with van der Waals surface area (Å²) >= 11 is 1.43. The van der Waals surface area contributed by atoms with E-state index in [2.05, 4.69) is 16.2 Å². The summed E-state index contributed by atoms with van der Waals surface area (Å²) in [5.74, 6) is 1.20. The summed E-state index contributed by atoms with van der Waals surface area (Å²) in [6, 6.07) is 17.7. The fourth-order valence-corrected chi connectivity index (χ4v) is 2.75. The van der Waals surface area contributed by atoms with E-state index < -0.39 is 0 Å². The number of aryl methyl sites for hydroxylation is 1. The van der Waals surface area contributed by atoms with Crippen LogP contribution in [0.2, 0.25) is 0 Å². The molecule has 5 heteroatoms. The van der Waals surface area contributed by atoms with Crippen LogP contribution >= 0.6 is 11.8 Å². The average molecular weight is 307 g/mol. The molecule has 0 aliphatic carbocycles. The quantitative estimate of drug-likeness (QED) is 0.676. The first kappa shape index (κ1) is 14.4. The second-order valence-corrected chi connectivity index (χ2v) is 5.73. The van der Waals surface area contributed by atoms with Gasteiger partial charge in [0.25, 0.3) is 5.22 Å². The monoisotopic (exact) mass is 307 g/mol. The van der Waals surface area contributed by atoms with E-state index in [4.69, 9.17) is 9.78 Å². The van der Waals surface area contributed by atoms with Crippen LogP contribution < -0.4 is 0 Å². The molecule has 3 rings (SSSR count). The molecule has 2 aromatic carbocycles. The van der Waals surface area contributed by atoms with E-state index in [9.17, 15) is 0 Å². The lowest BCUT2D eigenvalue weighted by atomic mass is 10.1. The number of aromatic nitrogens is 2. The standard InChI is InChI=1S/C17H13N3OS/c1-12-6-8-13(9-7-12)16-19-17(21-20-16)22-11-15-5-3-2-4-14(15)10-18/h2-9H,11H2,1H3. The first-order valence-electron chi connectivity index (χ1n) is 6.78. The van der Waals surface area contributed by atoms with Crippen molar-refractivity contribution in [3.8, 4) is 17.5 Å². The molecule has 0 saturated carbocycles. The van der Waals surface area contributed by atoms with Crippen LogP contribution in [0.5, 0.6) is 0 Å². The lowest BCUT2D eigenvalue weighted by Gasteiger charge is -2.00. The highest BCUT2D eigenvalue weighted by Gasteiger charge is 2.10. The van der Waals surface area contributed by atoms with E-state index in [1.807, 2.05) is 49.4 Å². The van der Waals surface area contributed by atoms with Gasteiger partial charge in [0.2, 0.25) is 5.82 Å². The van der Waals surface area contributed by atoms with Crippen LogP contribution in [-0.2, 0) is 5.75 Å². The molecule has 0 fully saturated rings. The zero-order chi connectivity index (χ0) is 15.4. The lowest BCUT2D eigenvalue weighted by molar-refractivity contribution is 0.341. The molecule has 3 aromatic rings. The van der Waals surface area contributed by atoms with Gasteiger partial charge in [-0.1, -0.05) is 64.9 Å². The molecule has 1 aromatic heterocycles. The van der Waals surface area contributed by atoms with E-state index in [-0.39, 0.29) is 0 Å². The molecular formula is C17H13N3OS. The largest absolute Gasteiger partial charge is 0.327 e. The van der Waals surface area contributed by atoms with Gasteiger partial charge in [-0.2, -0.15) is 10.2 Å². The van der Waals surface area contributed by atoms with Crippen LogP contribution in [0.1, 0.15) is 16.7 Å². The predicted molar refractivity (Wildman–Crippen MR) is 85.2 cm³/mol. The average Bonchev–Trinajstić information content (AvgIpc) is 3.03. The van der Waals surface area contributed by atoms with Crippen molar-refractivity contribution in [2.45, 2.75) is 17.9 Å². The summed E-state index contributed by atoms with van der Waals surface area (Å²) in [6.07, 6.45) is 0. The number of nitrogens with zero attached hydrogens (tertiary/aromatic N) is 3. The van der Waals surface area contributed by atoms with Crippen molar-refractivity contribution in [3.63, 3.8) is 0 Å². The maximum Gasteiger partial charge on any atom is 0.286 e. The Hall–Kier alpha value is -2.58. The van der Waals surface area contributed by atoms with E-state index in [1.54, 1.807) is 6.07 Å². The summed E-state index contributed by atoms with van der Waals surface area (Å²) in [5.41, 5.74) is 3.76. The molecule has 1 heterocycles. The van der Waals surface area contributed by atoms with Gasteiger partial charge in [0.1, 0.15) is 0 Å². The summed E-state index contributed by atoms with van der Waals surface area (Å²) in [6.45, 7) is 2.04. The third-order valence-electron chi connectivity index (χ3n) is 3.21. The van der Waals surface area contributed by atoms with Crippen molar-refractivity contribution in [2.75, 3.05) is 0 Å². The summed E-state index contributed by atoms with van der Waals surface area (Å²) in [4.78, 5) is 4.38. The van der Waals surface area contributed by atoms with Crippen LogP contribution in [0.25, 0.3) is 11.4 Å². The Morgan fingerprint density at radius 2 is 1.91 bits per heavy atom. The van der Waals surface area contributed by atoms with Crippen molar-refractivity contribution in [1.82, 2.24) is 10.1 Å². The maximum absolute atomic E-state index is 9.08. The molecule has 0 radical (unpaired) electrons. The summed E-state index contributed by atoms with van der Waals surface area (Å²) < 4.78 is 5.26. The van der Waals surface area contributed by atoms with Gasteiger partial charge in [-0.3, -0.25) is 0 Å². The molecule has 0 N–H and O–H groups in total. The van der Waals surface area contributed by atoms with Crippen LogP contribution in [0.3, 0.4) is 0 Å². The minimum atomic E-state index is 0.503. The minimum Gasteiger partial charge on any atom is -0.327 e. The molecule has 22 heavy (non-hydrogen) atoms. The van der Waals surface area contributed by atoms with Crippen molar-refractivity contribution < 1.29 is 4.52 Å². The van der Waals surface area contributed by atoms with Crippen LogP contribution in [-0.4, -0.2) is 10.1 Å². The van der Waals surface area contributed by atoms with Gasteiger partial charge in [0, 0.05) is 11.3 Å². The molecule has 0 amide bonds. The van der Waals surface area contributed by atoms with E-state index in [0.29, 0.717) is 22.4 Å². The number of hydrogen-bond acceptors (Lipinski definition) is 5. The molecule has 0 aliphatic heterocycles. The number of nitriles is 1. The molecule has 4 nitrogen and oxygen atoms in total.